The van der Waals surface area contributed by atoms with Crippen molar-refractivity contribution in [1.29, 1.82) is 0 Å². The van der Waals surface area contributed by atoms with Gasteiger partial charge in [0.1, 0.15) is 11.6 Å². The fourth-order valence-electron chi connectivity index (χ4n) is 2.18. The number of thioether (sulfide) groups is 1. The highest BCUT2D eigenvalue weighted by Gasteiger charge is 2.31. The molecular weight excluding hydrogens is 237 g/mol. The van der Waals surface area contributed by atoms with Crippen LogP contribution in [0.4, 0.5) is 4.39 Å². The maximum absolute atomic E-state index is 13.9. The monoisotopic (exact) mass is 255 g/mol. The van der Waals surface area contributed by atoms with Crippen molar-refractivity contribution in [2.45, 2.75) is 25.4 Å². The SMILES string of the molecule is COc1cccc(F)c1C1CSCC(C)(C)N1. The zero-order valence-corrected chi connectivity index (χ0v) is 11.2. The highest BCUT2D eigenvalue weighted by atomic mass is 32.2. The van der Waals surface area contributed by atoms with E-state index in [9.17, 15) is 4.39 Å². The topological polar surface area (TPSA) is 21.3 Å². The molecule has 1 aromatic carbocycles. The van der Waals surface area contributed by atoms with E-state index in [0.29, 0.717) is 11.3 Å². The van der Waals surface area contributed by atoms with Crippen molar-refractivity contribution >= 4 is 11.8 Å². The van der Waals surface area contributed by atoms with Crippen LogP contribution >= 0.6 is 11.8 Å². The van der Waals surface area contributed by atoms with Crippen LogP contribution in [0.2, 0.25) is 0 Å². The molecule has 1 unspecified atom stereocenters. The fourth-order valence-corrected chi connectivity index (χ4v) is 3.37. The van der Waals surface area contributed by atoms with Gasteiger partial charge in [0.05, 0.1) is 7.11 Å². The first-order chi connectivity index (χ1) is 8.03. The van der Waals surface area contributed by atoms with Gasteiger partial charge < -0.3 is 10.1 Å². The Labute approximate surface area is 106 Å². The summed E-state index contributed by atoms with van der Waals surface area (Å²) in [6.45, 7) is 4.28. The lowest BCUT2D eigenvalue weighted by atomic mass is 10.0. The van der Waals surface area contributed by atoms with Crippen molar-refractivity contribution in [3.8, 4) is 5.75 Å². The lowest BCUT2D eigenvalue weighted by Crippen LogP contribution is -2.48. The van der Waals surface area contributed by atoms with Gasteiger partial charge in [-0.1, -0.05) is 6.07 Å². The van der Waals surface area contributed by atoms with E-state index < -0.39 is 0 Å². The third-order valence-electron chi connectivity index (χ3n) is 2.89. The first-order valence-electron chi connectivity index (χ1n) is 5.71. The van der Waals surface area contributed by atoms with E-state index in [0.717, 1.165) is 11.5 Å². The Morgan fingerprint density at radius 3 is 2.88 bits per heavy atom. The highest BCUT2D eigenvalue weighted by molar-refractivity contribution is 7.99. The summed E-state index contributed by atoms with van der Waals surface area (Å²) in [6.07, 6.45) is 0. The van der Waals surface area contributed by atoms with Crippen LogP contribution < -0.4 is 10.1 Å². The maximum Gasteiger partial charge on any atom is 0.131 e. The fraction of sp³-hybridized carbons (Fsp3) is 0.538. The average molecular weight is 255 g/mol. The van der Waals surface area contributed by atoms with Gasteiger partial charge in [0.25, 0.3) is 0 Å². The lowest BCUT2D eigenvalue weighted by Gasteiger charge is -2.37. The van der Waals surface area contributed by atoms with Gasteiger partial charge in [-0.3, -0.25) is 0 Å². The summed E-state index contributed by atoms with van der Waals surface area (Å²) in [4.78, 5) is 0. The molecular formula is C13H18FNOS. The summed E-state index contributed by atoms with van der Waals surface area (Å²) in [6, 6.07) is 5.00. The molecule has 1 aliphatic rings. The van der Waals surface area contributed by atoms with Gasteiger partial charge in [-0.25, -0.2) is 4.39 Å². The average Bonchev–Trinajstić information content (AvgIpc) is 2.27. The molecule has 1 aliphatic heterocycles. The molecule has 0 spiro atoms. The summed E-state index contributed by atoms with van der Waals surface area (Å²) >= 11 is 1.85. The third kappa shape index (κ3) is 2.75. The standard InChI is InChI=1S/C13H18FNOS/c1-13(2)8-17-7-10(15-13)12-9(14)5-4-6-11(12)16-3/h4-6,10,15H,7-8H2,1-3H3. The number of rotatable bonds is 2. The van der Waals surface area contributed by atoms with Crippen LogP contribution in [-0.4, -0.2) is 24.2 Å². The minimum absolute atomic E-state index is 0.0138. The summed E-state index contributed by atoms with van der Waals surface area (Å²) in [5.41, 5.74) is 0.677. The minimum Gasteiger partial charge on any atom is -0.496 e. The van der Waals surface area contributed by atoms with Gasteiger partial charge in [0.15, 0.2) is 0 Å². The Morgan fingerprint density at radius 1 is 1.47 bits per heavy atom. The number of benzene rings is 1. The zero-order valence-electron chi connectivity index (χ0n) is 10.4. The normalized spacial score (nSPS) is 23.4. The van der Waals surface area contributed by atoms with E-state index in [2.05, 4.69) is 19.2 Å². The minimum atomic E-state index is -0.194. The second-order valence-corrected chi connectivity index (χ2v) is 5.98. The molecule has 1 saturated heterocycles. The molecule has 2 nitrogen and oxygen atoms in total. The van der Waals surface area contributed by atoms with Crippen LogP contribution in [0.5, 0.6) is 5.75 Å². The Morgan fingerprint density at radius 2 is 2.24 bits per heavy atom. The number of methoxy groups -OCH3 is 1. The molecule has 4 heteroatoms. The quantitative estimate of drug-likeness (QED) is 0.878. The van der Waals surface area contributed by atoms with Crippen LogP contribution in [-0.2, 0) is 0 Å². The summed E-state index contributed by atoms with van der Waals surface area (Å²) in [5.74, 6) is 2.35. The summed E-state index contributed by atoms with van der Waals surface area (Å²) in [7, 11) is 1.58. The molecule has 1 atom stereocenters. The Bertz CT molecular complexity index is 408. The van der Waals surface area contributed by atoms with E-state index in [1.54, 1.807) is 13.2 Å². The van der Waals surface area contributed by atoms with Gasteiger partial charge in [-0.2, -0.15) is 11.8 Å². The van der Waals surface area contributed by atoms with Gasteiger partial charge in [-0.15, -0.1) is 0 Å². The van der Waals surface area contributed by atoms with Gasteiger partial charge >= 0.3 is 0 Å². The first kappa shape index (κ1) is 12.7. The summed E-state index contributed by atoms with van der Waals surface area (Å²) < 4.78 is 19.2. The summed E-state index contributed by atoms with van der Waals surface area (Å²) in [5, 5.41) is 3.48. The lowest BCUT2D eigenvalue weighted by molar-refractivity contribution is 0.350. The van der Waals surface area contributed by atoms with Crippen LogP contribution in [0.25, 0.3) is 0 Å². The van der Waals surface area contributed by atoms with Crippen molar-refractivity contribution in [3.63, 3.8) is 0 Å². The molecule has 0 bridgehead atoms. The van der Waals surface area contributed by atoms with E-state index in [4.69, 9.17) is 4.74 Å². The predicted molar refractivity (Wildman–Crippen MR) is 70.2 cm³/mol. The van der Waals surface area contributed by atoms with Crippen LogP contribution in [0.15, 0.2) is 18.2 Å². The molecule has 0 saturated carbocycles. The molecule has 1 heterocycles. The smallest absolute Gasteiger partial charge is 0.131 e. The van der Waals surface area contributed by atoms with Crippen molar-refractivity contribution in [3.05, 3.63) is 29.6 Å². The number of hydrogen-bond acceptors (Lipinski definition) is 3. The van der Waals surface area contributed by atoms with E-state index in [-0.39, 0.29) is 17.4 Å². The third-order valence-corrected chi connectivity index (χ3v) is 4.39. The Hall–Kier alpha value is -0.740. The second-order valence-electron chi connectivity index (χ2n) is 4.95. The number of ether oxygens (including phenoxy) is 1. The highest BCUT2D eigenvalue weighted by Crippen LogP contribution is 2.35. The molecule has 2 rings (SSSR count). The largest absolute Gasteiger partial charge is 0.496 e. The number of nitrogens with one attached hydrogen (secondary N) is 1. The van der Waals surface area contributed by atoms with Gasteiger partial charge in [0, 0.05) is 28.6 Å². The molecule has 0 radical (unpaired) electrons. The molecule has 0 amide bonds. The predicted octanol–water partition coefficient (Wildman–Crippen LogP) is 2.99. The van der Waals surface area contributed by atoms with E-state index >= 15 is 0 Å². The van der Waals surface area contributed by atoms with Crippen molar-refractivity contribution in [1.82, 2.24) is 5.32 Å². The van der Waals surface area contributed by atoms with Gasteiger partial charge in [0.2, 0.25) is 0 Å². The van der Waals surface area contributed by atoms with Crippen LogP contribution in [0, 0.1) is 5.82 Å². The first-order valence-corrected chi connectivity index (χ1v) is 6.87. The second kappa shape index (κ2) is 4.86. The van der Waals surface area contributed by atoms with Crippen LogP contribution in [0.3, 0.4) is 0 Å². The Kier molecular flexibility index (Phi) is 3.64. The van der Waals surface area contributed by atoms with E-state index in [1.807, 2.05) is 17.8 Å². The molecule has 17 heavy (non-hydrogen) atoms. The zero-order chi connectivity index (χ0) is 12.5. The molecule has 0 aliphatic carbocycles. The van der Waals surface area contributed by atoms with Crippen molar-refractivity contribution < 1.29 is 9.13 Å². The Balaban J connectivity index is 2.33. The van der Waals surface area contributed by atoms with E-state index in [1.165, 1.54) is 6.07 Å². The number of hydrogen-bond donors (Lipinski definition) is 1. The van der Waals surface area contributed by atoms with Crippen LogP contribution in [0.1, 0.15) is 25.5 Å². The molecule has 94 valence electrons. The van der Waals surface area contributed by atoms with Crippen molar-refractivity contribution in [2.75, 3.05) is 18.6 Å². The number of halogens is 1. The maximum atomic E-state index is 13.9. The van der Waals surface area contributed by atoms with Crippen molar-refractivity contribution in [2.24, 2.45) is 0 Å². The molecule has 1 aromatic rings. The molecule has 0 aromatic heterocycles. The molecule has 1 fully saturated rings. The van der Waals surface area contributed by atoms with Gasteiger partial charge in [-0.05, 0) is 26.0 Å². The molecule has 1 N–H and O–H groups in total.